The molecule has 106 valence electrons. The summed E-state index contributed by atoms with van der Waals surface area (Å²) >= 11 is 0. The van der Waals surface area contributed by atoms with Crippen LogP contribution in [0.1, 0.15) is 21.6 Å². The first-order valence-electron chi connectivity index (χ1n) is 5.77. The van der Waals surface area contributed by atoms with E-state index in [2.05, 4.69) is 10.4 Å². The minimum Gasteiger partial charge on any atom is -0.307 e. The number of amides is 1. The second kappa shape index (κ2) is 4.99. The molecule has 1 amide bonds. The zero-order valence-electron chi connectivity index (χ0n) is 10.8. The van der Waals surface area contributed by atoms with Gasteiger partial charge in [-0.2, -0.15) is 18.3 Å². The number of rotatable bonds is 2. The monoisotopic (exact) mass is 283 g/mol. The molecule has 0 atom stereocenters. The van der Waals surface area contributed by atoms with Crippen LogP contribution in [-0.2, 0) is 13.2 Å². The van der Waals surface area contributed by atoms with Gasteiger partial charge in [-0.15, -0.1) is 0 Å². The lowest BCUT2D eigenvalue weighted by Gasteiger charge is -2.12. The number of nitrogens with one attached hydrogen (secondary N) is 1. The molecule has 1 heterocycles. The maximum Gasteiger partial charge on any atom is 0.417 e. The highest BCUT2D eigenvalue weighted by Crippen LogP contribution is 2.32. The van der Waals surface area contributed by atoms with E-state index in [-0.39, 0.29) is 0 Å². The maximum atomic E-state index is 12.8. The van der Waals surface area contributed by atoms with Crippen molar-refractivity contribution < 1.29 is 18.0 Å². The van der Waals surface area contributed by atoms with Crippen LogP contribution in [0.25, 0.3) is 0 Å². The number of hydrogen-bond donors (Lipinski definition) is 1. The molecule has 0 saturated heterocycles. The molecule has 2 rings (SSSR count). The summed E-state index contributed by atoms with van der Waals surface area (Å²) in [7, 11) is 1.60. The van der Waals surface area contributed by atoms with Crippen molar-refractivity contribution in [2.24, 2.45) is 7.05 Å². The molecule has 1 aromatic heterocycles. The van der Waals surface area contributed by atoms with Gasteiger partial charge in [0.05, 0.1) is 16.8 Å². The van der Waals surface area contributed by atoms with Crippen molar-refractivity contribution in [3.05, 3.63) is 47.2 Å². The van der Waals surface area contributed by atoms with Crippen LogP contribution >= 0.6 is 0 Å². The molecule has 4 nitrogen and oxygen atoms in total. The van der Waals surface area contributed by atoms with Crippen LogP contribution in [0.5, 0.6) is 0 Å². The average molecular weight is 283 g/mol. The van der Waals surface area contributed by atoms with Gasteiger partial charge in [0.2, 0.25) is 0 Å². The molecular formula is C13H12F3N3O. The standard InChI is InChI=1S/C13H12F3N3O/c1-8-7-11(19(2)18-8)17-12(20)9-5-3-4-6-10(9)13(14,15)16/h3-7H,1-2H3,(H,17,20). The van der Waals surface area contributed by atoms with Gasteiger partial charge in [0.1, 0.15) is 5.82 Å². The maximum absolute atomic E-state index is 12.8. The third kappa shape index (κ3) is 2.81. The highest BCUT2D eigenvalue weighted by molar-refractivity contribution is 6.05. The number of nitrogens with zero attached hydrogens (tertiary/aromatic N) is 2. The fraction of sp³-hybridized carbons (Fsp3) is 0.231. The normalized spacial score (nSPS) is 11.4. The molecule has 0 saturated carbocycles. The summed E-state index contributed by atoms with van der Waals surface area (Å²) in [5.41, 5.74) is -0.720. The van der Waals surface area contributed by atoms with E-state index in [0.29, 0.717) is 11.5 Å². The Balaban J connectivity index is 2.33. The number of carbonyl (C=O) groups is 1. The summed E-state index contributed by atoms with van der Waals surface area (Å²) in [6.45, 7) is 1.72. The van der Waals surface area contributed by atoms with E-state index in [1.54, 1.807) is 20.0 Å². The number of aromatic nitrogens is 2. The van der Waals surface area contributed by atoms with Crippen LogP contribution in [0.4, 0.5) is 19.0 Å². The van der Waals surface area contributed by atoms with Gasteiger partial charge in [-0.1, -0.05) is 12.1 Å². The Morgan fingerprint density at radius 2 is 1.95 bits per heavy atom. The van der Waals surface area contributed by atoms with Crippen molar-refractivity contribution in [2.45, 2.75) is 13.1 Å². The van der Waals surface area contributed by atoms with Crippen molar-refractivity contribution in [1.29, 1.82) is 0 Å². The highest BCUT2D eigenvalue weighted by atomic mass is 19.4. The van der Waals surface area contributed by atoms with Gasteiger partial charge in [-0.3, -0.25) is 9.48 Å². The Bertz CT molecular complexity index is 647. The minimum atomic E-state index is -4.57. The third-order valence-electron chi connectivity index (χ3n) is 2.72. The Labute approximate surface area is 113 Å². The van der Waals surface area contributed by atoms with E-state index >= 15 is 0 Å². The van der Waals surface area contributed by atoms with Crippen LogP contribution in [0.15, 0.2) is 30.3 Å². The molecule has 0 bridgehead atoms. The van der Waals surface area contributed by atoms with Crippen LogP contribution in [0.3, 0.4) is 0 Å². The topological polar surface area (TPSA) is 46.9 Å². The first-order valence-corrected chi connectivity index (χ1v) is 5.77. The first kappa shape index (κ1) is 14.1. The molecule has 20 heavy (non-hydrogen) atoms. The zero-order valence-corrected chi connectivity index (χ0v) is 10.8. The molecule has 1 aromatic carbocycles. The van der Waals surface area contributed by atoms with Gasteiger partial charge in [0, 0.05) is 13.1 Å². The fourth-order valence-electron chi connectivity index (χ4n) is 1.84. The van der Waals surface area contributed by atoms with Gasteiger partial charge in [-0.05, 0) is 19.1 Å². The van der Waals surface area contributed by atoms with Crippen molar-refractivity contribution in [2.75, 3.05) is 5.32 Å². The summed E-state index contributed by atoms with van der Waals surface area (Å²) in [6, 6.07) is 6.23. The molecule has 0 spiro atoms. The number of benzene rings is 1. The van der Waals surface area contributed by atoms with Crippen molar-refractivity contribution in [3.63, 3.8) is 0 Å². The summed E-state index contributed by atoms with van der Waals surface area (Å²) in [4.78, 5) is 12.0. The van der Waals surface area contributed by atoms with Crippen LogP contribution in [-0.4, -0.2) is 15.7 Å². The van der Waals surface area contributed by atoms with Gasteiger partial charge in [0.15, 0.2) is 0 Å². The van der Waals surface area contributed by atoms with Gasteiger partial charge in [-0.25, -0.2) is 0 Å². The van der Waals surface area contributed by atoms with E-state index in [1.165, 1.54) is 16.8 Å². The first-order chi connectivity index (χ1) is 9.29. The lowest BCUT2D eigenvalue weighted by atomic mass is 10.1. The van der Waals surface area contributed by atoms with E-state index in [9.17, 15) is 18.0 Å². The quantitative estimate of drug-likeness (QED) is 0.921. The predicted octanol–water partition coefficient (Wildman–Crippen LogP) is 3.00. The Kier molecular flexibility index (Phi) is 3.52. The fourth-order valence-corrected chi connectivity index (χ4v) is 1.84. The van der Waals surface area contributed by atoms with Crippen LogP contribution in [0, 0.1) is 6.92 Å². The van der Waals surface area contributed by atoms with E-state index in [1.807, 2.05) is 0 Å². The van der Waals surface area contributed by atoms with Crippen LogP contribution in [0.2, 0.25) is 0 Å². The second-order valence-corrected chi connectivity index (χ2v) is 4.29. The smallest absolute Gasteiger partial charge is 0.307 e. The molecule has 0 aliphatic rings. The predicted molar refractivity (Wildman–Crippen MR) is 67.3 cm³/mol. The number of aryl methyl sites for hydroxylation is 2. The summed E-state index contributed by atoms with van der Waals surface area (Å²) in [6.07, 6.45) is -4.57. The Morgan fingerprint density at radius 1 is 1.30 bits per heavy atom. The van der Waals surface area contributed by atoms with E-state index in [0.717, 1.165) is 12.1 Å². The number of hydrogen-bond acceptors (Lipinski definition) is 2. The van der Waals surface area contributed by atoms with Crippen LogP contribution < -0.4 is 5.32 Å². The molecule has 0 radical (unpaired) electrons. The summed E-state index contributed by atoms with van der Waals surface area (Å²) in [5.74, 6) is -0.481. The van der Waals surface area contributed by atoms with E-state index in [4.69, 9.17) is 0 Å². The molecule has 2 aromatic rings. The molecule has 7 heteroatoms. The highest BCUT2D eigenvalue weighted by Gasteiger charge is 2.34. The van der Waals surface area contributed by atoms with Crippen molar-refractivity contribution in [3.8, 4) is 0 Å². The number of alkyl halides is 3. The Hall–Kier alpha value is -2.31. The number of anilines is 1. The molecule has 1 N–H and O–H groups in total. The lowest BCUT2D eigenvalue weighted by molar-refractivity contribution is -0.137. The van der Waals surface area contributed by atoms with E-state index < -0.39 is 23.2 Å². The third-order valence-corrected chi connectivity index (χ3v) is 2.72. The molecule has 0 aliphatic carbocycles. The minimum absolute atomic E-state index is 0.337. The molecule has 0 fully saturated rings. The second-order valence-electron chi connectivity index (χ2n) is 4.29. The summed E-state index contributed by atoms with van der Waals surface area (Å²) < 4.78 is 39.9. The number of carbonyl (C=O) groups excluding carboxylic acids is 1. The van der Waals surface area contributed by atoms with Crippen molar-refractivity contribution in [1.82, 2.24) is 9.78 Å². The average Bonchev–Trinajstić information content (AvgIpc) is 2.66. The lowest BCUT2D eigenvalue weighted by Crippen LogP contribution is -2.19. The Morgan fingerprint density at radius 3 is 2.50 bits per heavy atom. The van der Waals surface area contributed by atoms with Crippen molar-refractivity contribution >= 4 is 11.7 Å². The molecule has 0 unspecified atom stereocenters. The van der Waals surface area contributed by atoms with Gasteiger partial charge in [0.25, 0.3) is 5.91 Å². The SMILES string of the molecule is Cc1cc(NC(=O)c2ccccc2C(F)(F)F)n(C)n1. The molecular weight excluding hydrogens is 271 g/mol. The summed E-state index contributed by atoms with van der Waals surface area (Å²) in [5, 5.41) is 6.43. The number of halogens is 3. The van der Waals surface area contributed by atoms with Gasteiger partial charge < -0.3 is 5.32 Å². The van der Waals surface area contributed by atoms with Gasteiger partial charge >= 0.3 is 6.18 Å². The zero-order chi connectivity index (χ0) is 14.9. The molecule has 0 aliphatic heterocycles. The largest absolute Gasteiger partial charge is 0.417 e.